The molecule has 136 valence electrons. The van der Waals surface area contributed by atoms with E-state index in [4.69, 9.17) is 11.6 Å². The van der Waals surface area contributed by atoms with Gasteiger partial charge in [0.05, 0.1) is 18.2 Å². The summed E-state index contributed by atoms with van der Waals surface area (Å²) < 4.78 is 0. The van der Waals surface area contributed by atoms with E-state index in [1.165, 1.54) is 0 Å². The van der Waals surface area contributed by atoms with E-state index in [0.717, 1.165) is 26.9 Å². The predicted octanol–water partition coefficient (Wildman–Crippen LogP) is 4.65. The van der Waals surface area contributed by atoms with Gasteiger partial charge in [0.15, 0.2) is 5.50 Å². The fraction of sp³-hybridized carbons (Fsp3) is 0.143. The highest BCUT2D eigenvalue weighted by atomic mass is 35.5. The lowest BCUT2D eigenvalue weighted by atomic mass is 10.1. The average molecular weight is 396 g/mol. The fourth-order valence-corrected chi connectivity index (χ4v) is 4.01. The van der Waals surface area contributed by atoms with Gasteiger partial charge in [0.2, 0.25) is 0 Å². The molecule has 2 atom stereocenters. The molecule has 0 fully saturated rings. The zero-order valence-corrected chi connectivity index (χ0v) is 16.0. The SMILES string of the molecule is OCC(NC1N=C/C(=C/c2ccc3ncccc3c2)S1)c1ccc(Cl)cc1. The molecule has 4 rings (SSSR count). The number of nitrogens with zero attached hydrogens (tertiary/aromatic N) is 2. The number of rotatable bonds is 5. The molecule has 2 N–H and O–H groups in total. The van der Waals surface area contributed by atoms with E-state index in [-0.39, 0.29) is 18.1 Å². The average Bonchev–Trinajstić information content (AvgIpc) is 3.14. The van der Waals surface area contributed by atoms with Crippen molar-refractivity contribution in [2.24, 2.45) is 4.99 Å². The molecule has 3 aromatic rings. The highest BCUT2D eigenvalue weighted by molar-refractivity contribution is 8.04. The van der Waals surface area contributed by atoms with Crippen molar-refractivity contribution in [3.63, 3.8) is 0 Å². The van der Waals surface area contributed by atoms with Crippen LogP contribution < -0.4 is 5.32 Å². The number of aliphatic imine (C=N–C) groups is 1. The number of aliphatic hydroxyl groups is 1. The Hall–Kier alpha value is -2.18. The van der Waals surface area contributed by atoms with Crippen molar-refractivity contribution in [1.29, 1.82) is 0 Å². The van der Waals surface area contributed by atoms with Gasteiger partial charge in [0.1, 0.15) is 0 Å². The molecule has 0 saturated carbocycles. The van der Waals surface area contributed by atoms with E-state index in [2.05, 4.69) is 39.6 Å². The number of halogens is 1. The molecule has 1 aromatic heterocycles. The Morgan fingerprint density at radius 2 is 2.04 bits per heavy atom. The standard InChI is InChI=1S/C21H18ClN3OS/c22-17-6-4-15(5-7-17)20(13-26)25-21-24-12-18(27-21)11-14-3-8-19-16(10-14)2-1-9-23-19/h1-12,20-21,25-26H,13H2/b18-11-. The highest BCUT2D eigenvalue weighted by Crippen LogP contribution is 2.30. The third-order valence-corrected chi connectivity index (χ3v) is 5.55. The number of hydrogen-bond donors (Lipinski definition) is 2. The van der Waals surface area contributed by atoms with Crippen LogP contribution in [0.4, 0.5) is 0 Å². The van der Waals surface area contributed by atoms with Crippen LogP contribution in [0.25, 0.3) is 17.0 Å². The predicted molar refractivity (Wildman–Crippen MR) is 114 cm³/mol. The number of nitrogens with one attached hydrogen (secondary N) is 1. The molecule has 4 nitrogen and oxygen atoms in total. The first kappa shape index (κ1) is 18.2. The Kier molecular flexibility index (Phi) is 5.55. The minimum Gasteiger partial charge on any atom is -0.394 e. The van der Waals surface area contributed by atoms with Crippen LogP contribution in [-0.2, 0) is 0 Å². The second-order valence-corrected chi connectivity index (χ2v) is 7.79. The first-order valence-corrected chi connectivity index (χ1v) is 9.86. The van der Waals surface area contributed by atoms with Gasteiger partial charge < -0.3 is 5.11 Å². The highest BCUT2D eigenvalue weighted by Gasteiger charge is 2.20. The van der Waals surface area contributed by atoms with Crippen LogP contribution in [-0.4, -0.2) is 28.4 Å². The normalized spacial score (nSPS) is 19.0. The third kappa shape index (κ3) is 4.39. The molecule has 2 unspecified atom stereocenters. The Morgan fingerprint density at radius 1 is 1.19 bits per heavy atom. The van der Waals surface area contributed by atoms with Crippen molar-refractivity contribution in [3.8, 4) is 0 Å². The number of aromatic nitrogens is 1. The van der Waals surface area contributed by atoms with Gasteiger partial charge in [-0.15, -0.1) is 0 Å². The minimum atomic E-state index is -0.192. The second kappa shape index (κ2) is 8.23. The van der Waals surface area contributed by atoms with Crippen LogP contribution in [0.2, 0.25) is 5.02 Å². The zero-order valence-electron chi connectivity index (χ0n) is 14.4. The number of aliphatic hydroxyl groups excluding tert-OH is 1. The van der Waals surface area contributed by atoms with Crippen LogP contribution in [0.15, 0.2) is 70.7 Å². The number of hydrogen-bond acceptors (Lipinski definition) is 5. The first-order chi connectivity index (χ1) is 13.2. The Labute approximate surface area is 167 Å². The van der Waals surface area contributed by atoms with E-state index in [1.807, 2.05) is 42.6 Å². The van der Waals surface area contributed by atoms with E-state index in [0.29, 0.717) is 5.02 Å². The van der Waals surface area contributed by atoms with E-state index in [9.17, 15) is 5.11 Å². The first-order valence-electron chi connectivity index (χ1n) is 8.60. The Bertz CT molecular complexity index is 1000. The Morgan fingerprint density at radius 3 is 2.85 bits per heavy atom. The summed E-state index contributed by atoms with van der Waals surface area (Å²) in [6, 6.07) is 17.5. The molecule has 0 amide bonds. The molecule has 1 aliphatic heterocycles. The van der Waals surface area contributed by atoms with Gasteiger partial charge in [0.25, 0.3) is 0 Å². The lowest BCUT2D eigenvalue weighted by Gasteiger charge is -2.19. The quantitative estimate of drug-likeness (QED) is 0.660. The molecule has 0 spiro atoms. The van der Waals surface area contributed by atoms with Gasteiger partial charge in [0, 0.05) is 27.7 Å². The molecule has 0 radical (unpaired) electrons. The number of allylic oxidation sites excluding steroid dienone is 1. The molecule has 2 aromatic carbocycles. The summed E-state index contributed by atoms with van der Waals surface area (Å²) >= 11 is 7.57. The van der Waals surface area contributed by atoms with E-state index >= 15 is 0 Å². The summed E-state index contributed by atoms with van der Waals surface area (Å²) in [7, 11) is 0. The summed E-state index contributed by atoms with van der Waals surface area (Å²) in [6.45, 7) is -0.00899. The molecular weight excluding hydrogens is 378 g/mol. The van der Waals surface area contributed by atoms with Gasteiger partial charge in [-0.05, 0) is 47.5 Å². The molecule has 1 aliphatic rings. The van der Waals surface area contributed by atoms with Crippen molar-refractivity contribution < 1.29 is 5.11 Å². The van der Waals surface area contributed by atoms with E-state index < -0.39 is 0 Å². The van der Waals surface area contributed by atoms with Crippen molar-refractivity contribution in [2.75, 3.05) is 6.61 Å². The summed E-state index contributed by atoms with van der Waals surface area (Å²) in [6.07, 6.45) is 5.78. The molecule has 27 heavy (non-hydrogen) atoms. The summed E-state index contributed by atoms with van der Waals surface area (Å²) in [5.41, 5.74) is 2.95. The smallest absolute Gasteiger partial charge is 0.151 e. The maximum atomic E-state index is 9.73. The number of benzene rings is 2. The topological polar surface area (TPSA) is 57.5 Å². The van der Waals surface area contributed by atoms with Crippen LogP contribution in [0.1, 0.15) is 17.2 Å². The fourth-order valence-electron chi connectivity index (χ4n) is 2.95. The monoisotopic (exact) mass is 395 g/mol. The summed E-state index contributed by atoms with van der Waals surface area (Å²) in [5.74, 6) is 0. The molecular formula is C21H18ClN3OS. The second-order valence-electron chi connectivity index (χ2n) is 6.20. The lowest BCUT2D eigenvalue weighted by molar-refractivity contribution is 0.243. The molecule has 6 heteroatoms. The van der Waals surface area contributed by atoms with Gasteiger partial charge in [-0.1, -0.05) is 47.6 Å². The van der Waals surface area contributed by atoms with Crippen LogP contribution in [0, 0.1) is 0 Å². The lowest BCUT2D eigenvalue weighted by Crippen LogP contribution is -2.30. The van der Waals surface area contributed by atoms with Gasteiger partial charge in [-0.3, -0.25) is 15.3 Å². The van der Waals surface area contributed by atoms with Crippen molar-refractivity contribution in [2.45, 2.75) is 11.5 Å². The maximum Gasteiger partial charge on any atom is 0.151 e. The van der Waals surface area contributed by atoms with Crippen molar-refractivity contribution in [1.82, 2.24) is 10.3 Å². The Balaban J connectivity index is 1.45. The molecule has 0 bridgehead atoms. The van der Waals surface area contributed by atoms with Gasteiger partial charge in [-0.2, -0.15) is 0 Å². The van der Waals surface area contributed by atoms with Crippen LogP contribution in [0.3, 0.4) is 0 Å². The summed E-state index contributed by atoms with van der Waals surface area (Å²) in [5, 5.41) is 14.9. The van der Waals surface area contributed by atoms with Crippen molar-refractivity contribution >= 4 is 46.6 Å². The van der Waals surface area contributed by atoms with Gasteiger partial charge in [-0.25, -0.2) is 0 Å². The van der Waals surface area contributed by atoms with Gasteiger partial charge >= 0.3 is 0 Å². The largest absolute Gasteiger partial charge is 0.394 e. The maximum absolute atomic E-state index is 9.73. The van der Waals surface area contributed by atoms with Crippen molar-refractivity contribution in [3.05, 3.63) is 81.8 Å². The minimum absolute atomic E-state index is 0.00899. The van der Waals surface area contributed by atoms with Crippen LogP contribution >= 0.6 is 23.4 Å². The van der Waals surface area contributed by atoms with Crippen LogP contribution in [0.5, 0.6) is 0 Å². The zero-order chi connectivity index (χ0) is 18.6. The molecule has 0 aliphatic carbocycles. The number of fused-ring (bicyclic) bond motifs is 1. The number of thioether (sulfide) groups is 1. The third-order valence-electron chi connectivity index (χ3n) is 4.32. The number of pyridine rings is 1. The summed E-state index contributed by atoms with van der Waals surface area (Å²) in [4.78, 5) is 9.94. The molecule has 2 heterocycles. The molecule has 0 saturated heterocycles. The van der Waals surface area contributed by atoms with E-state index in [1.54, 1.807) is 18.0 Å².